The molecule has 0 bridgehead atoms. The topological polar surface area (TPSA) is 166 Å². The van der Waals surface area contributed by atoms with Crippen LogP contribution in [-0.4, -0.2) is 39.6 Å². The number of carbonyl (C=O) groups excluding carboxylic acids is 1. The smallest absolute Gasteiger partial charge is 0.316 e. The average molecular weight is 441 g/mol. The Hall–Kier alpha value is -4.13. The summed E-state index contributed by atoms with van der Waals surface area (Å²) in [6.07, 6.45) is 4.38. The van der Waals surface area contributed by atoms with Crippen LogP contribution in [-0.2, 0) is 10.0 Å². The third kappa shape index (κ3) is 4.25. The minimum atomic E-state index is -3.90. The molecule has 0 fully saturated rings. The molecule has 158 valence electrons. The summed E-state index contributed by atoms with van der Waals surface area (Å²) in [6.45, 7) is 3.39. The second kappa shape index (κ2) is 7.95. The van der Waals surface area contributed by atoms with Crippen LogP contribution in [0.1, 0.15) is 21.9 Å². The van der Waals surface area contributed by atoms with Crippen LogP contribution in [0, 0.1) is 13.8 Å². The lowest BCUT2D eigenvalue weighted by Crippen LogP contribution is -2.14. The summed E-state index contributed by atoms with van der Waals surface area (Å²) in [5.41, 5.74) is 1.85. The highest BCUT2D eigenvalue weighted by Gasteiger charge is 2.20. The van der Waals surface area contributed by atoms with Crippen molar-refractivity contribution in [3.63, 3.8) is 0 Å². The zero-order chi connectivity index (χ0) is 22.0. The van der Waals surface area contributed by atoms with E-state index in [2.05, 4.69) is 35.3 Å². The first-order chi connectivity index (χ1) is 14.8. The fourth-order valence-electron chi connectivity index (χ4n) is 2.43. The lowest BCUT2D eigenvalue weighted by Gasteiger charge is -2.07. The van der Waals surface area contributed by atoms with Gasteiger partial charge in [-0.25, -0.2) is 18.1 Å². The van der Waals surface area contributed by atoms with Gasteiger partial charge in [-0.2, -0.15) is 4.98 Å². The summed E-state index contributed by atoms with van der Waals surface area (Å²) >= 11 is 0. The molecule has 0 aliphatic rings. The van der Waals surface area contributed by atoms with Crippen LogP contribution >= 0.6 is 0 Å². The molecule has 3 heterocycles. The quantitative estimate of drug-likeness (QED) is 0.453. The van der Waals surface area contributed by atoms with Crippen LogP contribution in [0.5, 0.6) is 0 Å². The minimum absolute atomic E-state index is 0.0262. The third-order valence-corrected chi connectivity index (χ3v) is 5.57. The van der Waals surface area contributed by atoms with E-state index in [0.717, 1.165) is 0 Å². The maximum Gasteiger partial charge on any atom is 0.316 e. The first-order valence-electron chi connectivity index (χ1n) is 8.81. The number of benzene rings is 1. The number of aromatic nitrogens is 5. The van der Waals surface area contributed by atoms with Crippen LogP contribution in [0.25, 0.3) is 11.5 Å². The van der Waals surface area contributed by atoms with Gasteiger partial charge >= 0.3 is 11.8 Å². The highest BCUT2D eigenvalue weighted by atomic mass is 32.2. The standard InChI is InChI=1S/C18H15N7O5S/c1-10-11(2)23-29-17(10)25-31(27,28)13-5-3-12(4-6-13)21-16(26)18-22-15(24-30-18)14-9-19-7-8-20-14/h3-9,25H,1-2H3,(H,21,26). The van der Waals surface area contributed by atoms with Gasteiger partial charge < -0.3 is 14.4 Å². The van der Waals surface area contributed by atoms with Crippen molar-refractivity contribution >= 4 is 27.5 Å². The number of amides is 1. The number of hydrogen-bond donors (Lipinski definition) is 2. The molecule has 0 atom stereocenters. The molecule has 4 aromatic rings. The zero-order valence-electron chi connectivity index (χ0n) is 16.2. The van der Waals surface area contributed by atoms with Gasteiger partial charge in [-0.05, 0) is 38.1 Å². The SMILES string of the molecule is Cc1noc(NS(=O)(=O)c2ccc(NC(=O)c3nc(-c4cnccn4)no3)cc2)c1C. The van der Waals surface area contributed by atoms with Crippen molar-refractivity contribution in [1.29, 1.82) is 0 Å². The van der Waals surface area contributed by atoms with Crippen molar-refractivity contribution < 1.29 is 22.3 Å². The Morgan fingerprint density at radius 1 is 1.03 bits per heavy atom. The van der Waals surface area contributed by atoms with Crippen LogP contribution < -0.4 is 10.0 Å². The van der Waals surface area contributed by atoms with Crippen molar-refractivity contribution in [2.24, 2.45) is 0 Å². The average Bonchev–Trinajstić information content (AvgIpc) is 3.38. The number of nitrogens with zero attached hydrogens (tertiary/aromatic N) is 5. The molecule has 1 aromatic carbocycles. The molecule has 0 saturated heterocycles. The number of nitrogens with one attached hydrogen (secondary N) is 2. The maximum absolute atomic E-state index is 12.5. The van der Waals surface area contributed by atoms with E-state index in [1.165, 1.54) is 42.9 Å². The number of rotatable bonds is 6. The largest absolute Gasteiger partial charge is 0.337 e. The molecule has 0 unspecified atom stereocenters. The molecule has 0 aliphatic heterocycles. The van der Waals surface area contributed by atoms with E-state index in [0.29, 0.717) is 22.6 Å². The van der Waals surface area contributed by atoms with E-state index in [4.69, 9.17) is 9.05 Å². The second-order valence-corrected chi connectivity index (χ2v) is 8.00. The molecule has 0 radical (unpaired) electrons. The van der Waals surface area contributed by atoms with E-state index in [1.807, 2.05) is 0 Å². The summed E-state index contributed by atoms with van der Waals surface area (Å²) in [5, 5.41) is 9.96. The fourth-order valence-corrected chi connectivity index (χ4v) is 3.47. The lowest BCUT2D eigenvalue weighted by atomic mass is 10.3. The van der Waals surface area contributed by atoms with Gasteiger partial charge in [-0.3, -0.25) is 9.78 Å². The first kappa shape index (κ1) is 20.2. The van der Waals surface area contributed by atoms with Crippen LogP contribution in [0.15, 0.2) is 56.8 Å². The lowest BCUT2D eigenvalue weighted by molar-refractivity contribution is 0.0981. The number of anilines is 2. The van der Waals surface area contributed by atoms with Crippen LogP contribution in [0.2, 0.25) is 0 Å². The van der Waals surface area contributed by atoms with Crippen LogP contribution in [0.3, 0.4) is 0 Å². The summed E-state index contributed by atoms with van der Waals surface area (Å²) in [5.74, 6) is -0.784. The van der Waals surface area contributed by atoms with Gasteiger partial charge in [-0.1, -0.05) is 10.3 Å². The molecule has 31 heavy (non-hydrogen) atoms. The third-order valence-electron chi connectivity index (χ3n) is 4.22. The fraction of sp³-hybridized carbons (Fsp3) is 0.111. The Kier molecular flexibility index (Phi) is 5.17. The number of carbonyl (C=O) groups is 1. The van der Waals surface area contributed by atoms with E-state index >= 15 is 0 Å². The van der Waals surface area contributed by atoms with E-state index in [-0.39, 0.29) is 22.5 Å². The molecule has 3 aromatic heterocycles. The van der Waals surface area contributed by atoms with Crippen molar-refractivity contribution in [3.05, 3.63) is 60.0 Å². The maximum atomic E-state index is 12.5. The number of hydrogen-bond acceptors (Lipinski definition) is 10. The van der Waals surface area contributed by atoms with Gasteiger partial charge in [0.25, 0.3) is 10.0 Å². The molecular weight excluding hydrogens is 426 g/mol. The van der Waals surface area contributed by atoms with Gasteiger partial charge in [0.15, 0.2) is 0 Å². The molecule has 0 spiro atoms. The molecule has 1 amide bonds. The first-order valence-corrected chi connectivity index (χ1v) is 10.3. The Morgan fingerprint density at radius 3 is 2.45 bits per heavy atom. The van der Waals surface area contributed by atoms with Gasteiger partial charge in [0.1, 0.15) is 5.69 Å². The minimum Gasteiger partial charge on any atom is -0.337 e. The zero-order valence-corrected chi connectivity index (χ0v) is 17.0. The molecule has 2 N–H and O–H groups in total. The van der Waals surface area contributed by atoms with E-state index in [9.17, 15) is 13.2 Å². The van der Waals surface area contributed by atoms with Crippen LogP contribution in [0.4, 0.5) is 11.6 Å². The summed E-state index contributed by atoms with van der Waals surface area (Å²) in [6, 6.07) is 5.50. The van der Waals surface area contributed by atoms with Crippen molar-refractivity contribution in [3.8, 4) is 11.5 Å². The van der Waals surface area contributed by atoms with Gasteiger partial charge in [0, 0.05) is 23.6 Å². The van der Waals surface area contributed by atoms with Crippen molar-refractivity contribution in [2.45, 2.75) is 18.7 Å². The Morgan fingerprint density at radius 2 is 1.81 bits per heavy atom. The highest BCUT2D eigenvalue weighted by Crippen LogP contribution is 2.23. The molecule has 4 rings (SSSR count). The second-order valence-electron chi connectivity index (χ2n) is 6.32. The summed E-state index contributed by atoms with van der Waals surface area (Å²) in [4.78, 5) is 24.2. The van der Waals surface area contributed by atoms with Gasteiger partial charge in [0.05, 0.1) is 16.8 Å². The van der Waals surface area contributed by atoms with E-state index < -0.39 is 15.9 Å². The molecular formula is C18H15N7O5S. The summed E-state index contributed by atoms with van der Waals surface area (Å²) < 4.78 is 37.3. The van der Waals surface area contributed by atoms with Crippen molar-refractivity contribution in [1.82, 2.24) is 25.3 Å². The molecule has 12 nitrogen and oxygen atoms in total. The Balaban J connectivity index is 1.45. The highest BCUT2D eigenvalue weighted by molar-refractivity contribution is 7.92. The Bertz CT molecular complexity index is 1330. The Labute approximate surface area is 175 Å². The number of sulfonamides is 1. The van der Waals surface area contributed by atoms with E-state index in [1.54, 1.807) is 13.8 Å². The molecule has 13 heteroatoms. The predicted octanol–water partition coefficient (Wildman–Crippen LogP) is 2.18. The molecule has 0 aliphatic carbocycles. The van der Waals surface area contributed by atoms with Gasteiger partial charge in [-0.15, -0.1) is 0 Å². The number of aryl methyl sites for hydroxylation is 1. The molecule has 0 saturated carbocycles. The monoisotopic (exact) mass is 441 g/mol. The normalized spacial score (nSPS) is 11.3. The van der Waals surface area contributed by atoms with Gasteiger partial charge in [0.2, 0.25) is 11.7 Å². The summed E-state index contributed by atoms with van der Waals surface area (Å²) in [7, 11) is -3.90. The van der Waals surface area contributed by atoms with Crippen molar-refractivity contribution in [2.75, 3.05) is 10.0 Å². The predicted molar refractivity (Wildman–Crippen MR) is 107 cm³/mol.